The first-order valence-corrected chi connectivity index (χ1v) is 11.7. The van der Waals surface area contributed by atoms with E-state index in [1.54, 1.807) is 23.1 Å². The van der Waals surface area contributed by atoms with Crippen molar-refractivity contribution >= 4 is 22.9 Å². The molecule has 9 heteroatoms. The van der Waals surface area contributed by atoms with Crippen molar-refractivity contribution in [2.24, 2.45) is 0 Å². The molecular weight excluding hydrogens is 432 g/mol. The van der Waals surface area contributed by atoms with Gasteiger partial charge in [0, 0.05) is 36.3 Å². The van der Waals surface area contributed by atoms with E-state index in [-0.39, 0.29) is 23.0 Å². The van der Waals surface area contributed by atoms with Gasteiger partial charge in [-0.05, 0) is 52.5 Å². The van der Waals surface area contributed by atoms with Gasteiger partial charge in [0.1, 0.15) is 17.1 Å². The van der Waals surface area contributed by atoms with E-state index in [2.05, 4.69) is 22.3 Å². The second-order valence-corrected chi connectivity index (χ2v) is 10.2. The number of amides is 1. The molecule has 1 aliphatic heterocycles. The lowest BCUT2D eigenvalue weighted by Crippen LogP contribution is -2.26. The molecule has 5 heterocycles. The van der Waals surface area contributed by atoms with Crippen molar-refractivity contribution in [1.82, 2.24) is 24.0 Å². The molecule has 6 rings (SSSR count). The van der Waals surface area contributed by atoms with Gasteiger partial charge >= 0.3 is 0 Å². The fraction of sp³-hybridized carbons (Fsp3) is 0.440. The van der Waals surface area contributed by atoms with Gasteiger partial charge in [0.05, 0.1) is 35.8 Å². The Morgan fingerprint density at radius 3 is 2.79 bits per heavy atom. The Morgan fingerprint density at radius 1 is 1.24 bits per heavy atom. The molecule has 0 radical (unpaired) electrons. The summed E-state index contributed by atoms with van der Waals surface area (Å²) in [5.41, 5.74) is 4.20. The van der Waals surface area contributed by atoms with Gasteiger partial charge < -0.3 is 19.2 Å². The smallest absolute Gasteiger partial charge is 0.261 e. The van der Waals surface area contributed by atoms with Crippen LogP contribution >= 0.6 is 0 Å². The van der Waals surface area contributed by atoms with Crippen molar-refractivity contribution in [2.75, 3.05) is 11.9 Å². The Hall–Kier alpha value is -3.46. The number of hydrogen-bond acceptors (Lipinski definition) is 6. The van der Waals surface area contributed by atoms with Crippen LogP contribution in [-0.2, 0) is 10.2 Å². The van der Waals surface area contributed by atoms with Gasteiger partial charge in [-0.1, -0.05) is 0 Å². The van der Waals surface area contributed by atoms with Crippen LogP contribution in [0.4, 0.5) is 5.69 Å². The summed E-state index contributed by atoms with van der Waals surface area (Å²) in [5.74, 6) is 0.203. The number of nitrogens with zero attached hydrogens (tertiary/aromatic N) is 5. The monoisotopic (exact) mass is 460 g/mol. The number of imidazole rings is 1. The van der Waals surface area contributed by atoms with E-state index in [0.717, 1.165) is 36.2 Å². The van der Waals surface area contributed by atoms with Crippen LogP contribution in [-0.4, -0.2) is 48.2 Å². The predicted octanol–water partition coefficient (Wildman–Crippen LogP) is 3.94. The Bertz CT molecular complexity index is 1430. The van der Waals surface area contributed by atoms with Crippen LogP contribution in [0.3, 0.4) is 0 Å². The zero-order chi connectivity index (χ0) is 23.7. The molecule has 2 atom stereocenters. The van der Waals surface area contributed by atoms with Crippen molar-refractivity contribution in [2.45, 2.75) is 64.1 Å². The molecule has 176 valence electrons. The summed E-state index contributed by atoms with van der Waals surface area (Å²) in [6.07, 6.45) is 12.0. The molecule has 4 aromatic rings. The first-order chi connectivity index (χ1) is 16.2. The topological polar surface area (TPSA) is 95.1 Å². The number of aryl methyl sites for hydroxylation is 1. The molecule has 2 unspecified atom stereocenters. The highest BCUT2D eigenvalue weighted by Gasteiger charge is 2.55. The standard InChI is InChI=1S/C25H28N6O3/c1-15(2)34-19-7-21-29-20(25-6-5-24(4,13-25)33-14-25)12-30(21)11-17(19)23(32)28-18-9-27-31-10-16(3)8-26-22(18)31/h7-12,15H,5-6,13-14H2,1-4H3,(H,28,32). The van der Waals surface area contributed by atoms with Crippen LogP contribution in [0, 0.1) is 6.92 Å². The largest absolute Gasteiger partial charge is 0.490 e. The molecule has 0 aromatic carbocycles. The van der Waals surface area contributed by atoms with E-state index in [9.17, 15) is 4.79 Å². The van der Waals surface area contributed by atoms with E-state index in [1.807, 2.05) is 43.6 Å². The minimum atomic E-state index is -0.291. The number of carbonyl (C=O) groups is 1. The Labute approximate surface area is 197 Å². The van der Waals surface area contributed by atoms with Gasteiger partial charge in [-0.2, -0.15) is 5.10 Å². The molecule has 1 saturated heterocycles. The molecule has 1 N–H and O–H groups in total. The van der Waals surface area contributed by atoms with Gasteiger partial charge in [-0.15, -0.1) is 0 Å². The maximum atomic E-state index is 13.4. The summed E-state index contributed by atoms with van der Waals surface area (Å²) in [4.78, 5) is 22.7. The van der Waals surface area contributed by atoms with E-state index < -0.39 is 0 Å². The lowest BCUT2D eigenvalue weighted by molar-refractivity contribution is -0.00627. The molecule has 9 nitrogen and oxygen atoms in total. The second kappa shape index (κ2) is 7.27. The Kier molecular flexibility index (Phi) is 4.51. The van der Waals surface area contributed by atoms with Gasteiger partial charge in [0.2, 0.25) is 0 Å². The third kappa shape index (κ3) is 3.34. The van der Waals surface area contributed by atoms with Gasteiger partial charge in [0.15, 0.2) is 5.65 Å². The second-order valence-electron chi connectivity index (χ2n) is 10.2. The zero-order valence-electron chi connectivity index (χ0n) is 19.8. The highest BCUT2D eigenvalue weighted by molar-refractivity contribution is 6.07. The highest BCUT2D eigenvalue weighted by atomic mass is 16.5. The van der Waals surface area contributed by atoms with E-state index in [0.29, 0.717) is 29.3 Å². The van der Waals surface area contributed by atoms with Crippen molar-refractivity contribution in [1.29, 1.82) is 0 Å². The van der Waals surface area contributed by atoms with Gasteiger partial charge in [-0.3, -0.25) is 4.79 Å². The predicted molar refractivity (Wildman–Crippen MR) is 127 cm³/mol. The third-order valence-corrected chi connectivity index (χ3v) is 6.98. The number of hydrogen-bond donors (Lipinski definition) is 1. The number of rotatable bonds is 5. The Morgan fingerprint density at radius 2 is 2.09 bits per heavy atom. The summed E-state index contributed by atoms with van der Waals surface area (Å²) in [6.45, 7) is 8.70. The van der Waals surface area contributed by atoms with Crippen LogP contribution < -0.4 is 10.1 Å². The van der Waals surface area contributed by atoms with Gasteiger partial charge in [0.25, 0.3) is 5.91 Å². The number of fused-ring (bicyclic) bond motifs is 4. The van der Waals surface area contributed by atoms with Crippen LogP contribution in [0.1, 0.15) is 61.6 Å². The number of nitrogens with one attached hydrogen (secondary N) is 1. The maximum absolute atomic E-state index is 13.4. The lowest BCUT2D eigenvalue weighted by Gasteiger charge is -2.24. The first kappa shape index (κ1) is 21.1. The lowest BCUT2D eigenvalue weighted by atomic mass is 9.84. The fourth-order valence-electron chi connectivity index (χ4n) is 5.29. The summed E-state index contributed by atoms with van der Waals surface area (Å²) >= 11 is 0. The van der Waals surface area contributed by atoms with Crippen LogP contribution in [0.5, 0.6) is 5.75 Å². The minimum Gasteiger partial charge on any atom is -0.490 e. The van der Waals surface area contributed by atoms with Crippen LogP contribution in [0.15, 0.2) is 37.1 Å². The summed E-state index contributed by atoms with van der Waals surface area (Å²) in [6, 6.07) is 1.84. The molecule has 34 heavy (non-hydrogen) atoms. The number of pyridine rings is 1. The van der Waals surface area contributed by atoms with Crippen molar-refractivity contribution in [3.63, 3.8) is 0 Å². The quantitative estimate of drug-likeness (QED) is 0.485. The summed E-state index contributed by atoms with van der Waals surface area (Å²) in [5, 5.41) is 7.25. The zero-order valence-corrected chi connectivity index (χ0v) is 19.8. The Balaban J connectivity index is 1.38. The third-order valence-electron chi connectivity index (χ3n) is 6.98. The normalized spacial score (nSPS) is 23.9. The molecule has 4 aromatic heterocycles. The molecule has 2 bridgehead atoms. The summed E-state index contributed by atoms with van der Waals surface area (Å²) < 4.78 is 15.7. The average molecular weight is 461 g/mol. The van der Waals surface area contributed by atoms with E-state index in [1.165, 1.54) is 0 Å². The van der Waals surface area contributed by atoms with E-state index in [4.69, 9.17) is 14.5 Å². The first-order valence-electron chi connectivity index (χ1n) is 11.7. The maximum Gasteiger partial charge on any atom is 0.261 e. The molecule has 1 amide bonds. The van der Waals surface area contributed by atoms with Gasteiger partial charge in [-0.25, -0.2) is 14.5 Å². The molecule has 2 fully saturated rings. The minimum absolute atomic E-state index is 0.0479. The highest BCUT2D eigenvalue weighted by Crippen LogP contribution is 2.53. The average Bonchev–Trinajstić information content (AvgIpc) is 3.53. The van der Waals surface area contributed by atoms with E-state index >= 15 is 0 Å². The number of aromatic nitrogens is 5. The molecule has 1 saturated carbocycles. The van der Waals surface area contributed by atoms with Crippen molar-refractivity contribution < 1.29 is 14.3 Å². The molecule has 2 aliphatic rings. The van der Waals surface area contributed by atoms with Crippen LogP contribution in [0.2, 0.25) is 0 Å². The van der Waals surface area contributed by atoms with Crippen molar-refractivity contribution in [3.8, 4) is 5.75 Å². The number of anilines is 1. The summed E-state index contributed by atoms with van der Waals surface area (Å²) in [7, 11) is 0. The molecular formula is C25H28N6O3. The number of ether oxygens (including phenoxy) is 2. The number of carbonyl (C=O) groups excluding carboxylic acids is 1. The fourth-order valence-corrected chi connectivity index (χ4v) is 5.29. The molecule has 0 spiro atoms. The molecule has 1 aliphatic carbocycles. The van der Waals surface area contributed by atoms with Crippen LogP contribution in [0.25, 0.3) is 11.3 Å². The van der Waals surface area contributed by atoms with Crippen molar-refractivity contribution in [3.05, 3.63) is 53.9 Å². The SMILES string of the molecule is Cc1cnc2c(NC(=O)c3cn4cc(C56CCC(C)(C5)OC6)nc4cc3OC(C)C)cnn2c1.